The molecule has 0 saturated heterocycles. The Bertz CT molecular complexity index is 1550. The van der Waals surface area contributed by atoms with Crippen molar-refractivity contribution < 1.29 is 27.5 Å². The summed E-state index contributed by atoms with van der Waals surface area (Å²) in [6.07, 6.45) is -0.703. The molecule has 34 heavy (non-hydrogen) atoms. The first-order valence-corrected chi connectivity index (χ1v) is 9.94. The summed E-state index contributed by atoms with van der Waals surface area (Å²) in [4.78, 5) is 26.5. The predicted octanol–water partition coefficient (Wildman–Crippen LogP) is 5.71. The van der Waals surface area contributed by atoms with E-state index in [2.05, 4.69) is 19.9 Å². The predicted molar refractivity (Wildman–Crippen MR) is 116 cm³/mol. The number of imidazole rings is 1. The molecule has 5 aromatic rings. The second kappa shape index (κ2) is 7.84. The highest BCUT2D eigenvalue weighted by atomic mass is 19.4. The molecule has 0 unspecified atom stereocenters. The summed E-state index contributed by atoms with van der Waals surface area (Å²) in [5, 5.41) is 10.0. The number of benzene rings is 2. The lowest BCUT2D eigenvalue weighted by atomic mass is 9.99. The number of H-pyrrole nitrogens is 2. The van der Waals surface area contributed by atoms with Gasteiger partial charge in [-0.15, -0.1) is 0 Å². The molecule has 0 bridgehead atoms. The van der Waals surface area contributed by atoms with E-state index in [1.807, 2.05) is 0 Å². The van der Waals surface area contributed by atoms with E-state index in [0.717, 1.165) is 12.1 Å². The minimum Gasteiger partial charge on any atom is -0.506 e. The van der Waals surface area contributed by atoms with Crippen molar-refractivity contribution in [2.75, 3.05) is 0 Å². The van der Waals surface area contributed by atoms with Gasteiger partial charge in [0.2, 0.25) is 0 Å². The molecular weight excluding hydrogens is 452 g/mol. The summed E-state index contributed by atoms with van der Waals surface area (Å²) in [7, 11) is 0. The molecular formula is C24H14F4N4O2. The monoisotopic (exact) mass is 466 g/mol. The summed E-state index contributed by atoms with van der Waals surface area (Å²) >= 11 is 0. The lowest BCUT2D eigenvalue weighted by molar-refractivity contribution is -0.137. The van der Waals surface area contributed by atoms with Crippen LogP contribution in [0.5, 0.6) is 5.75 Å². The van der Waals surface area contributed by atoms with E-state index in [9.17, 15) is 27.5 Å². The van der Waals surface area contributed by atoms with E-state index >= 15 is 0 Å². The summed E-state index contributed by atoms with van der Waals surface area (Å²) in [6.45, 7) is 0. The summed E-state index contributed by atoms with van der Waals surface area (Å²) in [6, 6.07) is 10.2. The fourth-order valence-corrected chi connectivity index (χ4v) is 3.73. The summed E-state index contributed by atoms with van der Waals surface area (Å²) < 4.78 is 54.7. The van der Waals surface area contributed by atoms with Gasteiger partial charge in [0.15, 0.2) is 17.4 Å². The molecule has 170 valence electrons. The van der Waals surface area contributed by atoms with Crippen LogP contribution < -0.4 is 0 Å². The number of halogens is 4. The van der Waals surface area contributed by atoms with Gasteiger partial charge >= 0.3 is 6.18 Å². The Morgan fingerprint density at radius 2 is 1.85 bits per heavy atom. The number of rotatable bonds is 4. The number of nitrogens with zero attached hydrogens (tertiary/aromatic N) is 2. The molecule has 5 rings (SSSR count). The normalized spacial score (nSPS) is 11.8. The number of nitrogens with one attached hydrogen (secondary N) is 2. The lowest BCUT2D eigenvalue weighted by Gasteiger charge is -2.10. The highest BCUT2D eigenvalue weighted by Gasteiger charge is 2.35. The van der Waals surface area contributed by atoms with Gasteiger partial charge in [-0.05, 0) is 35.9 Å². The van der Waals surface area contributed by atoms with E-state index in [1.165, 1.54) is 48.9 Å². The van der Waals surface area contributed by atoms with Crippen LogP contribution in [0.1, 0.15) is 21.5 Å². The smallest absolute Gasteiger partial charge is 0.417 e. The number of pyridine rings is 1. The fraction of sp³-hybridized carbons (Fsp3) is 0.0417. The van der Waals surface area contributed by atoms with Crippen LogP contribution in [-0.2, 0) is 6.18 Å². The molecule has 3 heterocycles. The molecule has 3 N–H and O–H groups in total. The molecule has 0 aliphatic heterocycles. The van der Waals surface area contributed by atoms with Gasteiger partial charge in [-0.1, -0.05) is 18.2 Å². The molecule has 0 saturated carbocycles. The number of hydrogen-bond donors (Lipinski definition) is 3. The van der Waals surface area contributed by atoms with Gasteiger partial charge in [0.05, 0.1) is 23.0 Å². The molecule has 0 amide bonds. The number of ketones is 1. The highest BCUT2D eigenvalue weighted by Crippen LogP contribution is 2.34. The van der Waals surface area contributed by atoms with Crippen molar-refractivity contribution in [1.82, 2.24) is 19.9 Å². The first-order chi connectivity index (χ1) is 16.2. The molecule has 0 atom stereocenters. The van der Waals surface area contributed by atoms with E-state index in [-0.39, 0.29) is 28.3 Å². The zero-order valence-electron chi connectivity index (χ0n) is 17.1. The third-order valence-electron chi connectivity index (χ3n) is 5.33. The highest BCUT2D eigenvalue weighted by molar-refractivity contribution is 6.10. The van der Waals surface area contributed by atoms with E-state index in [0.29, 0.717) is 16.6 Å². The second-order valence-corrected chi connectivity index (χ2v) is 7.51. The number of aromatic nitrogens is 4. The third-order valence-corrected chi connectivity index (χ3v) is 5.33. The molecule has 0 fully saturated rings. The molecule has 0 radical (unpaired) electrons. The maximum Gasteiger partial charge on any atom is 0.417 e. The topological polar surface area (TPSA) is 94.7 Å². The number of aromatic amines is 2. The first kappa shape index (κ1) is 21.4. The Kier molecular flexibility index (Phi) is 4.93. The zero-order chi connectivity index (χ0) is 24.0. The number of alkyl halides is 3. The van der Waals surface area contributed by atoms with Crippen molar-refractivity contribution in [3.05, 3.63) is 89.6 Å². The molecule has 0 spiro atoms. The Hall–Kier alpha value is -4.47. The van der Waals surface area contributed by atoms with E-state index in [4.69, 9.17) is 0 Å². The van der Waals surface area contributed by atoms with E-state index < -0.39 is 28.9 Å². The Labute approximate surface area is 188 Å². The molecule has 3 aromatic heterocycles. The van der Waals surface area contributed by atoms with Crippen LogP contribution in [0.15, 0.2) is 67.1 Å². The van der Waals surface area contributed by atoms with Gasteiger partial charge in [-0.25, -0.2) is 9.37 Å². The van der Waals surface area contributed by atoms with Crippen LogP contribution >= 0.6 is 0 Å². The van der Waals surface area contributed by atoms with Crippen LogP contribution in [0, 0.1) is 5.82 Å². The quantitative estimate of drug-likeness (QED) is 0.233. The molecule has 6 nitrogen and oxygen atoms in total. The third kappa shape index (κ3) is 3.68. The number of carbonyl (C=O) groups excluding carboxylic acids is 1. The lowest BCUT2D eigenvalue weighted by Crippen LogP contribution is -2.13. The average Bonchev–Trinajstić information content (AvgIpc) is 3.46. The van der Waals surface area contributed by atoms with Gasteiger partial charge in [0.1, 0.15) is 11.3 Å². The standard InChI is InChI=1S/C24H14F4N4O2/c25-17-7-12(14-5-6-29-11-20(14)33)8-18-21(17)32-23(31-18)19-9-13(10-30-19)22(34)15-3-1-2-4-16(15)24(26,27)28/h1-11,30,33H,(H,31,32). The number of fused-ring (bicyclic) bond motifs is 1. The molecule has 2 aromatic carbocycles. The van der Waals surface area contributed by atoms with Gasteiger partial charge in [-0.2, -0.15) is 13.2 Å². The van der Waals surface area contributed by atoms with Crippen molar-refractivity contribution in [2.45, 2.75) is 6.18 Å². The minimum atomic E-state index is -4.68. The van der Waals surface area contributed by atoms with Crippen LogP contribution in [0.3, 0.4) is 0 Å². The van der Waals surface area contributed by atoms with E-state index in [1.54, 1.807) is 6.07 Å². The van der Waals surface area contributed by atoms with Crippen LogP contribution in [0.2, 0.25) is 0 Å². The van der Waals surface area contributed by atoms with Crippen LogP contribution in [0.4, 0.5) is 17.6 Å². The zero-order valence-corrected chi connectivity index (χ0v) is 17.1. The summed E-state index contributed by atoms with van der Waals surface area (Å²) in [5.74, 6) is -1.39. The number of aromatic hydroxyl groups is 1. The van der Waals surface area contributed by atoms with Crippen LogP contribution in [0.25, 0.3) is 33.7 Å². The average molecular weight is 466 g/mol. The first-order valence-electron chi connectivity index (χ1n) is 9.94. The van der Waals surface area contributed by atoms with Crippen molar-refractivity contribution in [2.24, 2.45) is 0 Å². The summed E-state index contributed by atoms with van der Waals surface area (Å²) in [5.41, 5.74) is -0.0947. The fourth-order valence-electron chi connectivity index (χ4n) is 3.73. The van der Waals surface area contributed by atoms with Gasteiger partial charge in [0.25, 0.3) is 0 Å². The van der Waals surface area contributed by atoms with Crippen molar-refractivity contribution >= 4 is 16.8 Å². The van der Waals surface area contributed by atoms with Crippen molar-refractivity contribution in [3.8, 4) is 28.4 Å². The molecule has 0 aliphatic rings. The Morgan fingerprint density at radius 3 is 2.62 bits per heavy atom. The maximum absolute atomic E-state index is 14.8. The largest absolute Gasteiger partial charge is 0.506 e. The van der Waals surface area contributed by atoms with Crippen molar-refractivity contribution in [3.63, 3.8) is 0 Å². The number of carbonyl (C=O) groups is 1. The molecule has 0 aliphatic carbocycles. The molecule has 10 heteroatoms. The second-order valence-electron chi connectivity index (χ2n) is 7.51. The van der Waals surface area contributed by atoms with Crippen LogP contribution in [-0.4, -0.2) is 30.8 Å². The SMILES string of the molecule is O=C(c1c[nH]c(-c2nc3c(F)cc(-c4ccncc4O)cc3[nH]2)c1)c1ccccc1C(F)(F)F. The van der Waals surface area contributed by atoms with Gasteiger partial charge in [-0.3, -0.25) is 9.78 Å². The minimum absolute atomic E-state index is 0.00461. The van der Waals surface area contributed by atoms with Gasteiger partial charge < -0.3 is 15.1 Å². The van der Waals surface area contributed by atoms with Crippen molar-refractivity contribution in [1.29, 1.82) is 0 Å². The Morgan fingerprint density at radius 1 is 1.06 bits per heavy atom. The Balaban J connectivity index is 1.52. The van der Waals surface area contributed by atoms with Gasteiger partial charge in [0, 0.05) is 29.1 Å². The maximum atomic E-state index is 14.8. The number of hydrogen-bond acceptors (Lipinski definition) is 4.